The zero-order valence-electron chi connectivity index (χ0n) is 10.4. The van der Waals surface area contributed by atoms with Gasteiger partial charge in [0.15, 0.2) is 0 Å². The molecule has 0 aromatic heterocycles. The van der Waals surface area contributed by atoms with Crippen LogP contribution in [0.3, 0.4) is 0 Å². The van der Waals surface area contributed by atoms with Crippen molar-refractivity contribution >= 4 is 0 Å². The predicted octanol–water partition coefficient (Wildman–Crippen LogP) is 2.42. The van der Waals surface area contributed by atoms with Crippen molar-refractivity contribution in [2.24, 2.45) is 0 Å². The molecule has 0 atom stereocenters. The van der Waals surface area contributed by atoms with Crippen LogP contribution in [0.15, 0.2) is 12.2 Å². The molecule has 88 valence electrons. The molecule has 1 aliphatic carbocycles. The van der Waals surface area contributed by atoms with Crippen molar-refractivity contribution in [3.05, 3.63) is 12.2 Å². The summed E-state index contributed by atoms with van der Waals surface area (Å²) in [4.78, 5) is 2.51. The molecule has 0 heterocycles. The summed E-state index contributed by atoms with van der Waals surface area (Å²) in [5.74, 6) is 0. The topological polar surface area (TPSA) is 15.3 Å². The Bertz CT molecular complexity index is 179. The van der Waals surface area contributed by atoms with E-state index in [9.17, 15) is 0 Å². The number of hydrogen-bond donors (Lipinski definition) is 1. The van der Waals surface area contributed by atoms with Gasteiger partial charge in [-0.25, -0.2) is 0 Å². The van der Waals surface area contributed by atoms with Gasteiger partial charge in [-0.15, -0.1) is 0 Å². The molecule has 0 aromatic carbocycles. The third-order valence-corrected chi connectivity index (χ3v) is 2.74. The third kappa shape index (κ3) is 5.95. The summed E-state index contributed by atoms with van der Waals surface area (Å²) >= 11 is 0. The van der Waals surface area contributed by atoms with Gasteiger partial charge in [0.25, 0.3) is 0 Å². The van der Waals surface area contributed by atoms with Gasteiger partial charge in [0.05, 0.1) is 0 Å². The van der Waals surface area contributed by atoms with Gasteiger partial charge in [-0.05, 0) is 44.3 Å². The number of nitrogens with zero attached hydrogens (tertiary/aromatic N) is 1. The normalized spacial score (nSPS) is 15.9. The van der Waals surface area contributed by atoms with E-state index in [1.165, 1.54) is 44.3 Å². The molecular weight excluding hydrogens is 184 g/mol. The van der Waals surface area contributed by atoms with Crippen molar-refractivity contribution in [1.29, 1.82) is 0 Å². The highest BCUT2D eigenvalue weighted by Gasteiger charge is 2.20. The fourth-order valence-electron chi connectivity index (χ4n) is 1.85. The quantitative estimate of drug-likeness (QED) is 0.588. The number of rotatable bonds is 9. The highest BCUT2D eigenvalue weighted by atomic mass is 15.1. The first-order chi connectivity index (χ1) is 7.26. The van der Waals surface area contributed by atoms with Gasteiger partial charge in [0.1, 0.15) is 0 Å². The van der Waals surface area contributed by atoms with E-state index in [1.54, 1.807) is 0 Å². The highest BCUT2D eigenvalue weighted by Crippen LogP contribution is 2.18. The Kier molecular flexibility index (Phi) is 5.96. The SMILES string of the molecule is C=C(CNC1CC1)CN(CCC)CCC. The first-order valence-corrected chi connectivity index (χ1v) is 6.38. The average molecular weight is 210 g/mol. The summed E-state index contributed by atoms with van der Waals surface area (Å²) in [5.41, 5.74) is 1.34. The predicted molar refractivity (Wildman–Crippen MR) is 67.2 cm³/mol. The van der Waals surface area contributed by atoms with Gasteiger partial charge < -0.3 is 5.32 Å². The Hall–Kier alpha value is -0.340. The lowest BCUT2D eigenvalue weighted by Crippen LogP contribution is -2.31. The maximum Gasteiger partial charge on any atom is 0.0202 e. The minimum absolute atomic E-state index is 0.799. The van der Waals surface area contributed by atoms with Gasteiger partial charge in [0.2, 0.25) is 0 Å². The Labute approximate surface area is 94.7 Å². The fraction of sp³-hybridized carbons (Fsp3) is 0.846. The second-order valence-electron chi connectivity index (χ2n) is 4.68. The summed E-state index contributed by atoms with van der Waals surface area (Å²) < 4.78 is 0. The lowest BCUT2D eigenvalue weighted by Gasteiger charge is -2.22. The summed E-state index contributed by atoms with van der Waals surface area (Å²) in [6.07, 6.45) is 5.20. The van der Waals surface area contributed by atoms with Crippen molar-refractivity contribution in [2.75, 3.05) is 26.2 Å². The lowest BCUT2D eigenvalue weighted by atomic mass is 10.2. The van der Waals surface area contributed by atoms with Gasteiger partial charge in [-0.1, -0.05) is 20.4 Å². The molecule has 0 aromatic rings. The highest BCUT2D eigenvalue weighted by molar-refractivity contribution is 5.01. The molecule has 0 aliphatic heterocycles. The Morgan fingerprint density at radius 2 is 1.87 bits per heavy atom. The van der Waals surface area contributed by atoms with Crippen LogP contribution >= 0.6 is 0 Å². The van der Waals surface area contributed by atoms with E-state index >= 15 is 0 Å². The maximum absolute atomic E-state index is 4.15. The fourth-order valence-corrected chi connectivity index (χ4v) is 1.85. The molecule has 2 heteroatoms. The summed E-state index contributed by atoms with van der Waals surface area (Å²) in [6, 6.07) is 0.799. The van der Waals surface area contributed by atoms with Crippen LogP contribution in [-0.4, -0.2) is 37.1 Å². The molecular formula is C13H26N2. The molecule has 0 spiro atoms. The second-order valence-corrected chi connectivity index (χ2v) is 4.68. The molecule has 1 N–H and O–H groups in total. The first-order valence-electron chi connectivity index (χ1n) is 6.38. The largest absolute Gasteiger partial charge is 0.310 e. The van der Waals surface area contributed by atoms with E-state index in [0.29, 0.717) is 0 Å². The van der Waals surface area contributed by atoms with Crippen LogP contribution in [0, 0.1) is 0 Å². The maximum atomic E-state index is 4.15. The zero-order valence-corrected chi connectivity index (χ0v) is 10.4. The second kappa shape index (κ2) is 7.02. The summed E-state index contributed by atoms with van der Waals surface area (Å²) in [7, 11) is 0. The average Bonchev–Trinajstić information content (AvgIpc) is 2.99. The molecule has 0 unspecified atom stereocenters. The van der Waals surface area contributed by atoms with Gasteiger partial charge in [-0.3, -0.25) is 4.90 Å². The molecule has 0 radical (unpaired) electrons. The van der Waals surface area contributed by atoms with Crippen LogP contribution in [0.1, 0.15) is 39.5 Å². The first kappa shape index (κ1) is 12.7. The van der Waals surface area contributed by atoms with Crippen molar-refractivity contribution < 1.29 is 0 Å². The Balaban J connectivity index is 2.12. The Morgan fingerprint density at radius 3 is 2.33 bits per heavy atom. The van der Waals surface area contributed by atoms with E-state index in [-0.39, 0.29) is 0 Å². The molecule has 1 fully saturated rings. The minimum Gasteiger partial charge on any atom is -0.310 e. The summed E-state index contributed by atoms with van der Waals surface area (Å²) in [5, 5.41) is 3.52. The van der Waals surface area contributed by atoms with Crippen molar-refractivity contribution in [3.63, 3.8) is 0 Å². The van der Waals surface area contributed by atoms with Crippen molar-refractivity contribution in [2.45, 2.75) is 45.6 Å². The summed E-state index contributed by atoms with van der Waals surface area (Å²) in [6.45, 7) is 13.1. The van der Waals surface area contributed by atoms with Gasteiger partial charge in [0, 0.05) is 19.1 Å². The van der Waals surface area contributed by atoms with E-state index < -0.39 is 0 Å². The molecule has 0 saturated heterocycles. The van der Waals surface area contributed by atoms with Crippen molar-refractivity contribution in [3.8, 4) is 0 Å². The minimum atomic E-state index is 0.799. The monoisotopic (exact) mass is 210 g/mol. The van der Waals surface area contributed by atoms with Gasteiger partial charge >= 0.3 is 0 Å². The van der Waals surface area contributed by atoms with E-state index in [1.807, 2.05) is 0 Å². The van der Waals surface area contributed by atoms with E-state index in [2.05, 4.69) is 30.6 Å². The number of hydrogen-bond acceptors (Lipinski definition) is 2. The molecule has 0 bridgehead atoms. The van der Waals surface area contributed by atoms with Crippen LogP contribution in [0.5, 0.6) is 0 Å². The molecule has 0 amide bonds. The van der Waals surface area contributed by atoms with Crippen LogP contribution in [-0.2, 0) is 0 Å². The van der Waals surface area contributed by atoms with Gasteiger partial charge in [-0.2, -0.15) is 0 Å². The van der Waals surface area contributed by atoms with E-state index in [4.69, 9.17) is 0 Å². The third-order valence-electron chi connectivity index (χ3n) is 2.74. The smallest absolute Gasteiger partial charge is 0.0202 e. The standard InChI is InChI=1S/C13H26N2/c1-4-8-15(9-5-2)11-12(3)10-14-13-6-7-13/h13-14H,3-11H2,1-2H3. The van der Waals surface area contributed by atoms with Crippen LogP contribution in [0.2, 0.25) is 0 Å². The van der Waals surface area contributed by atoms with Crippen LogP contribution in [0.4, 0.5) is 0 Å². The van der Waals surface area contributed by atoms with E-state index in [0.717, 1.165) is 19.1 Å². The van der Waals surface area contributed by atoms with Crippen molar-refractivity contribution in [1.82, 2.24) is 10.2 Å². The van der Waals surface area contributed by atoms with Crippen LogP contribution in [0.25, 0.3) is 0 Å². The lowest BCUT2D eigenvalue weighted by molar-refractivity contribution is 0.295. The number of nitrogens with one attached hydrogen (secondary N) is 1. The molecule has 1 saturated carbocycles. The molecule has 1 rings (SSSR count). The molecule has 1 aliphatic rings. The molecule has 2 nitrogen and oxygen atoms in total. The zero-order chi connectivity index (χ0) is 11.1. The Morgan fingerprint density at radius 1 is 1.27 bits per heavy atom. The molecule has 15 heavy (non-hydrogen) atoms. The van der Waals surface area contributed by atoms with Crippen LogP contribution < -0.4 is 5.32 Å².